The minimum Gasteiger partial charge on any atom is -0.691 e. The van der Waals surface area contributed by atoms with E-state index in [9.17, 15) is 18.4 Å². The molecule has 0 aliphatic rings. The lowest BCUT2D eigenvalue weighted by Gasteiger charge is -2.11. The average molecular weight is 239 g/mol. The summed E-state index contributed by atoms with van der Waals surface area (Å²) in [7, 11) is 0. The summed E-state index contributed by atoms with van der Waals surface area (Å²) in [4.78, 5) is -0.452. The van der Waals surface area contributed by atoms with E-state index in [0.29, 0.717) is 0 Å². The lowest BCUT2D eigenvalue weighted by atomic mass is 10.1. The molecule has 0 fully saturated rings. The summed E-state index contributed by atoms with van der Waals surface area (Å²) < 4.78 is 43.4. The van der Waals surface area contributed by atoms with Gasteiger partial charge in [0.1, 0.15) is 5.82 Å². The van der Waals surface area contributed by atoms with Crippen molar-refractivity contribution in [2.45, 2.75) is 18.7 Å². The summed E-state index contributed by atoms with van der Waals surface area (Å²) in [5.41, 5.74) is -0.564. The van der Waals surface area contributed by atoms with Crippen LogP contribution >= 0.6 is 12.0 Å². The lowest BCUT2D eigenvalue weighted by molar-refractivity contribution is -0.777. The minimum absolute atomic E-state index is 0.121. The normalized spacial score (nSPS) is 10.8. The summed E-state index contributed by atoms with van der Waals surface area (Å²) in [5.74, 6) is -3.46. The highest BCUT2D eigenvalue weighted by Gasteiger charge is 2.21. The van der Waals surface area contributed by atoms with Crippen molar-refractivity contribution in [2.75, 3.05) is 0 Å². The molecule has 0 unspecified atom stereocenters. The Balaban J connectivity index is 3.26. The van der Waals surface area contributed by atoms with Crippen LogP contribution in [0.25, 0.3) is 0 Å². The van der Waals surface area contributed by atoms with Crippen LogP contribution < -0.4 is 5.26 Å². The van der Waals surface area contributed by atoms with Crippen molar-refractivity contribution >= 4 is 12.0 Å². The molecule has 0 aliphatic heterocycles. The second kappa shape index (κ2) is 4.84. The molecule has 3 nitrogen and oxygen atoms in total. The van der Waals surface area contributed by atoms with Gasteiger partial charge in [0.15, 0.2) is 11.6 Å². The molecule has 0 amide bonds. The van der Waals surface area contributed by atoms with Gasteiger partial charge in [-0.05, 0) is 13.8 Å². The van der Waals surface area contributed by atoms with Crippen LogP contribution in [-0.4, -0.2) is 0 Å². The highest BCUT2D eigenvalue weighted by atomic mass is 32.2. The Hall–Kier alpha value is -0.760. The molecule has 0 radical (unpaired) electrons. The Labute approximate surface area is 87.9 Å². The van der Waals surface area contributed by atoms with Crippen molar-refractivity contribution in [1.29, 1.82) is 0 Å². The van der Waals surface area contributed by atoms with Crippen LogP contribution in [0.4, 0.5) is 13.2 Å². The molecule has 0 spiro atoms. The van der Waals surface area contributed by atoms with Crippen molar-refractivity contribution in [1.82, 2.24) is 0 Å². The topological polar surface area (TPSA) is 41.5 Å². The zero-order valence-corrected chi connectivity index (χ0v) is 8.58. The molecule has 0 aromatic heterocycles. The second-order valence-electron chi connectivity index (χ2n) is 2.74. The molecule has 0 heterocycles. The van der Waals surface area contributed by atoms with Crippen LogP contribution in [0.1, 0.15) is 11.1 Å². The van der Waals surface area contributed by atoms with Crippen LogP contribution in [0.3, 0.4) is 0 Å². The summed E-state index contributed by atoms with van der Waals surface area (Å²) >= 11 is 0.121. The molecule has 1 rings (SSSR count). The van der Waals surface area contributed by atoms with E-state index in [4.69, 9.17) is 0 Å². The highest BCUT2D eigenvalue weighted by molar-refractivity contribution is 7.94. The molecule has 0 bridgehead atoms. The Bertz CT molecular complexity index is 355. The average Bonchev–Trinajstić information content (AvgIpc) is 2.24. The maximum atomic E-state index is 13.3. The summed E-state index contributed by atoms with van der Waals surface area (Å²) in [6, 6.07) is 0. The molecule has 7 heteroatoms. The summed E-state index contributed by atoms with van der Waals surface area (Å²) in [5, 5.41) is 12.5. The predicted octanol–water partition coefficient (Wildman–Crippen LogP) is 1.95. The Morgan fingerprint density at radius 1 is 1.00 bits per heavy atom. The number of halogens is 3. The second-order valence-corrected chi connectivity index (χ2v) is 3.45. The van der Waals surface area contributed by atoms with Crippen LogP contribution in [0, 0.1) is 31.3 Å². The SMILES string of the molecule is Cc1c(F)c(C)c(SOO[O-])c(F)c1F. The van der Waals surface area contributed by atoms with Crippen molar-refractivity contribution < 1.29 is 27.8 Å². The number of rotatable bonds is 3. The van der Waals surface area contributed by atoms with E-state index in [1.165, 1.54) is 6.92 Å². The van der Waals surface area contributed by atoms with E-state index in [2.05, 4.69) is 9.37 Å². The van der Waals surface area contributed by atoms with Crippen LogP contribution in [0.2, 0.25) is 0 Å². The highest BCUT2D eigenvalue weighted by Crippen LogP contribution is 2.31. The Kier molecular flexibility index (Phi) is 3.97. The summed E-state index contributed by atoms with van der Waals surface area (Å²) in [6.45, 7) is 2.35. The predicted molar refractivity (Wildman–Crippen MR) is 43.8 cm³/mol. The lowest BCUT2D eigenvalue weighted by Crippen LogP contribution is -2.04. The Morgan fingerprint density at radius 3 is 2.13 bits per heavy atom. The first-order valence-electron chi connectivity index (χ1n) is 3.77. The standard InChI is InChI=1S/C8H7F3O3S/c1-3-5(9)4(2)8(15-14-13-12)7(11)6(3)10/h12H,1-2H3/p-1. The third-order valence-corrected chi connectivity index (χ3v) is 2.64. The van der Waals surface area contributed by atoms with E-state index >= 15 is 0 Å². The third-order valence-electron chi connectivity index (χ3n) is 1.87. The smallest absolute Gasteiger partial charge is 0.175 e. The van der Waals surface area contributed by atoms with Crippen molar-refractivity contribution in [2.24, 2.45) is 0 Å². The molecule has 15 heavy (non-hydrogen) atoms. The van der Waals surface area contributed by atoms with Crippen molar-refractivity contribution in [3.8, 4) is 0 Å². The van der Waals surface area contributed by atoms with Crippen LogP contribution in [0.15, 0.2) is 4.90 Å². The van der Waals surface area contributed by atoms with Gasteiger partial charge in [-0.25, -0.2) is 13.2 Å². The first kappa shape index (κ1) is 12.3. The van der Waals surface area contributed by atoms with Gasteiger partial charge in [-0.3, -0.25) is 5.04 Å². The Morgan fingerprint density at radius 2 is 1.60 bits per heavy atom. The molecular formula is C8H6F3O3S-. The molecule has 0 aliphatic carbocycles. The third kappa shape index (κ3) is 2.25. The largest absolute Gasteiger partial charge is 0.691 e. The fourth-order valence-corrected chi connectivity index (χ4v) is 1.53. The minimum atomic E-state index is -1.31. The monoisotopic (exact) mass is 239 g/mol. The van der Waals surface area contributed by atoms with E-state index in [0.717, 1.165) is 6.92 Å². The van der Waals surface area contributed by atoms with Gasteiger partial charge >= 0.3 is 0 Å². The molecule has 0 saturated carbocycles. The van der Waals surface area contributed by atoms with Crippen LogP contribution in [0.5, 0.6) is 0 Å². The number of benzene rings is 1. The molecule has 84 valence electrons. The maximum absolute atomic E-state index is 13.3. The quantitative estimate of drug-likeness (QED) is 0.350. The maximum Gasteiger partial charge on any atom is 0.175 e. The molecule has 0 saturated heterocycles. The van der Waals surface area contributed by atoms with Gasteiger partial charge < -0.3 is 5.26 Å². The molecule has 0 N–H and O–H groups in total. The van der Waals surface area contributed by atoms with Gasteiger partial charge in [0.2, 0.25) is 0 Å². The van der Waals surface area contributed by atoms with E-state index in [1.807, 2.05) is 0 Å². The molecule has 0 atom stereocenters. The first-order valence-corrected chi connectivity index (χ1v) is 4.51. The van der Waals surface area contributed by atoms with Crippen molar-refractivity contribution in [3.05, 3.63) is 28.6 Å². The molecular weight excluding hydrogens is 233 g/mol. The first-order chi connectivity index (χ1) is 7.00. The van der Waals surface area contributed by atoms with E-state index in [-0.39, 0.29) is 17.6 Å². The van der Waals surface area contributed by atoms with E-state index in [1.54, 1.807) is 0 Å². The summed E-state index contributed by atoms with van der Waals surface area (Å²) in [6.07, 6.45) is 0. The zero-order chi connectivity index (χ0) is 11.6. The molecule has 1 aromatic carbocycles. The van der Waals surface area contributed by atoms with Gasteiger partial charge in [0.05, 0.1) is 16.9 Å². The zero-order valence-electron chi connectivity index (χ0n) is 7.77. The van der Waals surface area contributed by atoms with Gasteiger partial charge in [0, 0.05) is 11.1 Å². The number of hydrogen-bond donors (Lipinski definition) is 0. The van der Waals surface area contributed by atoms with Gasteiger partial charge in [-0.2, -0.15) is 4.33 Å². The van der Waals surface area contributed by atoms with Crippen LogP contribution in [-0.2, 0) is 9.37 Å². The fraction of sp³-hybridized carbons (Fsp3) is 0.250. The van der Waals surface area contributed by atoms with Gasteiger partial charge in [-0.15, -0.1) is 0 Å². The van der Waals surface area contributed by atoms with Gasteiger partial charge in [-0.1, -0.05) is 0 Å². The van der Waals surface area contributed by atoms with Gasteiger partial charge in [0.25, 0.3) is 0 Å². The molecule has 1 aromatic rings. The number of hydrogen-bond acceptors (Lipinski definition) is 4. The van der Waals surface area contributed by atoms with E-state index < -0.39 is 27.9 Å². The van der Waals surface area contributed by atoms with Crippen molar-refractivity contribution in [3.63, 3.8) is 0 Å². The fourth-order valence-electron chi connectivity index (χ4n) is 1.05.